The fourth-order valence-corrected chi connectivity index (χ4v) is 3.90. The Kier molecular flexibility index (Phi) is 5.30. The van der Waals surface area contributed by atoms with E-state index >= 15 is 0 Å². The molecule has 25 heavy (non-hydrogen) atoms. The van der Waals surface area contributed by atoms with Gasteiger partial charge in [-0.05, 0) is 62.8 Å². The molecule has 0 unspecified atom stereocenters. The first-order valence-electron chi connectivity index (χ1n) is 9.44. The minimum Gasteiger partial charge on any atom is -0.333 e. The second-order valence-corrected chi connectivity index (χ2v) is 7.37. The van der Waals surface area contributed by atoms with Gasteiger partial charge in [-0.25, -0.2) is 4.79 Å². The van der Waals surface area contributed by atoms with E-state index in [1.807, 2.05) is 17.0 Å². The summed E-state index contributed by atoms with van der Waals surface area (Å²) in [5, 5.41) is 3.09. The van der Waals surface area contributed by atoms with Crippen LogP contribution in [0.5, 0.6) is 0 Å². The van der Waals surface area contributed by atoms with Gasteiger partial charge in [-0.1, -0.05) is 13.0 Å². The SMILES string of the molecule is CC[C@H]1CCCCN1C(=O)N[C@H]1CC(=O)N(c2ccc(C)c(C)c2)C1. The third-order valence-corrected chi connectivity index (χ3v) is 5.61. The van der Waals surface area contributed by atoms with Crippen molar-refractivity contribution in [2.45, 2.75) is 65.0 Å². The molecule has 0 radical (unpaired) electrons. The zero-order valence-corrected chi connectivity index (χ0v) is 15.5. The lowest BCUT2D eigenvalue weighted by Gasteiger charge is -2.35. The molecule has 0 aliphatic carbocycles. The Balaban J connectivity index is 1.64. The Morgan fingerprint density at radius 1 is 1.24 bits per heavy atom. The average Bonchev–Trinajstić information content (AvgIpc) is 2.97. The van der Waals surface area contributed by atoms with Gasteiger partial charge in [0, 0.05) is 31.2 Å². The number of nitrogens with one attached hydrogen (secondary N) is 1. The number of aryl methyl sites for hydroxylation is 2. The standard InChI is InChI=1S/C20H29N3O2/c1-4-17-7-5-6-10-22(17)20(25)21-16-12-19(24)23(13-16)18-9-8-14(2)15(3)11-18/h8-9,11,16-17H,4-7,10,12-13H2,1-3H3,(H,21,25)/t16-,17-/m0/s1. The molecule has 1 N–H and O–H groups in total. The summed E-state index contributed by atoms with van der Waals surface area (Å²) in [6.45, 7) is 7.64. The molecule has 3 rings (SSSR count). The summed E-state index contributed by atoms with van der Waals surface area (Å²) >= 11 is 0. The van der Waals surface area contributed by atoms with E-state index in [2.05, 4.69) is 32.2 Å². The number of amides is 3. The van der Waals surface area contributed by atoms with E-state index in [0.29, 0.717) is 19.0 Å². The summed E-state index contributed by atoms with van der Waals surface area (Å²) in [6.07, 6.45) is 4.73. The first kappa shape index (κ1) is 17.8. The van der Waals surface area contributed by atoms with Crippen LogP contribution in [0.25, 0.3) is 0 Å². The molecule has 0 bridgehead atoms. The smallest absolute Gasteiger partial charge is 0.317 e. The van der Waals surface area contributed by atoms with Crippen molar-refractivity contribution in [3.05, 3.63) is 29.3 Å². The number of urea groups is 1. The lowest BCUT2D eigenvalue weighted by Crippen LogP contribution is -2.51. The van der Waals surface area contributed by atoms with Crippen molar-refractivity contribution in [2.75, 3.05) is 18.0 Å². The number of rotatable bonds is 3. The van der Waals surface area contributed by atoms with E-state index in [4.69, 9.17) is 0 Å². The fraction of sp³-hybridized carbons (Fsp3) is 0.600. The summed E-state index contributed by atoms with van der Waals surface area (Å²) in [4.78, 5) is 28.8. The van der Waals surface area contributed by atoms with Crippen molar-refractivity contribution >= 4 is 17.6 Å². The molecule has 2 saturated heterocycles. The molecule has 2 aliphatic rings. The fourth-order valence-electron chi connectivity index (χ4n) is 3.90. The molecule has 5 heteroatoms. The van der Waals surface area contributed by atoms with Gasteiger partial charge in [0.15, 0.2) is 0 Å². The molecular formula is C20H29N3O2. The average molecular weight is 343 g/mol. The molecule has 2 fully saturated rings. The minimum absolute atomic E-state index is 0.00807. The predicted molar refractivity (Wildman–Crippen MR) is 99.8 cm³/mol. The molecule has 1 aromatic rings. The van der Waals surface area contributed by atoms with E-state index < -0.39 is 0 Å². The van der Waals surface area contributed by atoms with Crippen LogP contribution in [-0.4, -0.2) is 42.0 Å². The highest BCUT2D eigenvalue weighted by Crippen LogP contribution is 2.25. The van der Waals surface area contributed by atoms with Gasteiger partial charge in [0.2, 0.25) is 5.91 Å². The van der Waals surface area contributed by atoms with Crippen LogP contribution in [0, 0.1) is 13.8 Å². The number of carbonyl (C=O) groups is 2. The van der Waals surface area contributed by atoms with Gasteiger partial charge in [0.1, 0.15) is 0 Å². The van der Waals surface area contributed by atoms with Crippen molar-refractivity contribution in [1.29, 1.82) is 0 Å². The molecule has 5 nitrogen and oxygen atoms in total. The van der Waals surface area contributed by atoms with E-state index in [1.165, 1.54) is 17.5 Å². The van der Waals surface area contributed by atoms with Gasteiger partial charge >= 0.3 is 6.03 Å². The highest BCUT2D eigenvalue weighted by molar-refractivity contribution is 5.97. The predicted octanol–water partition coefficient (Wildman–Crippen LogP) is 3.38. The topological polar surface area (TPSA) is 52.7 Å². The highest BCUT2D eigenvalue weighted by Gasteiger charge is 2.34. The molecule has 1 aromatic carbocycles. The van der Waals surface area contributed by atoms with Crippen LogP contribution in [0.15, 0.2) is 18.2 Å². The second-order valence-electron chi connectivity index (χ2n) is 7.37. The largest absolute Gasteiger partial charge is 0.333 e. The van der Waals surface area contributed by atoms with Gasteiger partial charge in [0.25, 0.3) is 0 Å². The lowest BCUT2D eigenvalue weighted by atomic mass is 10.0. The van der Waals surface area contributed by atoms with Gasteiger partial charge < -0.3 is 15.1 Å². The molecule has 2 atom stereocenters. The first-order valence-corrected chi connectivity index (χ1v) is 9.44. The lowest BCUT2D eigenvalue weighted by molar-refractivity contribution is -0.117. The number of hydrogen-bond donors (Lipinski definition) is 1. The Morgan fingerprint density at radius 3 is 2.76 bits per heavy atom. The van der Waals surface area contributed by atoms with E-state index in [0.717, 1.165) is 31.5 Å². The number of benzene rings is 1. The highest BCUT2D eigenvalue weighted by atomic mass is 16.2. The molecule has 0 spiro atoms. The number of hydrogen-bond acceptors (Lipinski definition) is 2. The maximum absolute atomic E-state index is 12.7. The van der Waals surface area contributed by atoms with Gasteiger partial charge in [-0.2, -0.15) is 0 Å². The van der Waals surface area contributed by atoms with Crippen LogP contribution in [0.4, 0.5) is 10.5 Å². The van der Waals surface area contributed by atoms with Crippen LogP contribution in [0.1, 0.15) is 50.2 Å². The number of carbonyl (C=O) groups excluding carboxylic acids is 2. The Morgan fingerprint density at radius 2 is 2.04 bits per heavy atom. The van der Waals surface area contributed by atoms with Crippen LogP contribution in [-0.2, 0) is 4.79 Å². The molecule has 0 saturated carbocycles. The van der Waals surface area contributed by atoms with Crippen LogP contribution in [0.3, 0.4) is 0 Å². The summed E-state index contributed by atoms with van der Waals surface area (Å²) in [5.41, 5.74) is 3.32. The number of likely N-dealkylation sites (tertiary alicyclic amines) is 1. The van der Waals surface area contributed by atoms with Crippen molar-refractivity contribution in [1.82, 2.24) is 10.2 Å². The number of nitrogens with zero attached hydrogens (tertiary/aromatic N) is 2. The van der Waals surface area contributed by atoms with Crippen LogP contribution >= 0.6 is 0 Å². The molecular weight excluding hydrogens is 314 g/mol. The Labute approximate surface area is 150 Å². The monoisotopic (exact) mass is 343 g/mol. The third kappa shape index (κ3) is 3.80. The van der Waals surface area contributed by atoms with Crippen LogP contribution in [0.2, 0.25) is 0 Å². The summed E-state index contributed by atoms with van der Waals surface area (Å²) in [5.74, 6) is 0.0826. The molecule has 136 valence electrons. The van der Waals surface area contributed by atoms with Crippen LogP contribution < -0.4 is 10.2 Å². The third-order valence-electron chi connectivity index (χ3n) is 5.61. The van der Waals surface area contributed by atoms with Crippen molar-refractivity contribution in [3.8, 4) is 0 Å². The van der Waals surface area contributed by atoms with Gasteiger partial charge in [0.05, 0.1) is 6.04 Å². The maximum Gasteiger partial charge on any atom is 0.317 e. The molecule has 3 amide bonds. The van der Waals surface area contributed by atoms with E-state index in [-0.39, 0.29) is 18.0 Å². The maximum atomic E-state index is 12.7. The normalized spacial score (nSPS) is 23.9. The second kappa shape index (κ2) is 7.46. The Hall–Kier alpha value is -2.04. The van der Waals surface area contributed by atoms with Crippen molar-refractivity contribution in [2.24, 2.45) is 0 Å². The Bertz CT molecular complexity index is 658. The molecule has 2 heterocycles. The first-order chi connectivity index (χ1) is 12.0. The summed E-state index contributed by atoms with van der Waals surface area (Å²) in [7, 11) is 0. The summed E-state index contributed by atoms with van der Waals surface area (Å²) in [6, 6.07) is 6.30. The van der Waals surface area contributed by atoms with Gasteiger partial charge in [-0.15, -0.1) is 0 Å². The molecule has 2 aliphatic heterocycles. The summed E-state index contributed by atoms with van der Waals surface area (Å²) < 4.78 is 0. The molecule has 0 aromatic heterocycles. The van der Waals surface area contributed by atoms with Crippen molar-refractivity contribution in [3.63, 3.8) is 0 Å². The van der Waals surface area contributed by atoms with E-state index in [9.17, 15) is 9.59 Å². The minimum atomic E-state index is -0.110. The van der Waals surface area contributed by atoms with E-state index in [1.54, 1.807) is 4.90 Å². The zero-order valence-electron chi connectivity index (χ0n) is 15.5. The number of piperidine rings is 1. The quantitative estimate of drug-likeness (QED) is 0.915. The van der Waals surface area contributed by atoms with Gasteiger partial charge in [-0.3, -0.25) is 4.79 Å². The zero-order chi connectivity index (χ0) is 18.0. The van der Waals surface area contributed by atoms with Crippen molar-refractivity contribution < 1.29 is 9.59 Å². The number of anilines is 1.